The maximum absolute atomic E-state index is 12.9. The Bertz CT molecular complexity index is 841. The lowest BCUT2D eigenvalue weighted by molar-refractivity contribution is -0.116. The van der Waals surface area contributed by atoms with Gasteiger partial charge in [0.2, 0.25) is 5.91 Å². The van der Waals surface area contributed by atoms with Crippen LogP contribution in [0.4, 0.5) is 5.69 Å². The van der Waals surface area contributed by atoms with Gasteiger partial charge in [0.05, 0.1) is 5.75 Å². The number of anilines is 1. The number of nitrogens with zero attached hydrogens (tertiary/aromatic N) is 4. The van der Waals surface area contributed by atoms with Gasteiger partial charge in [0.15, 0.2) is 5.16 Å². The molecule has 1 aliphatic carbocycles. The van der Waals surface area contributed by atoms with Crippen LogP contribution in [0.5, 0.6) is 0 Å². The van der Waals surface area contributed by atoms with E-state index in [1.54, 1.807) is 0 Å². The van der Waals surface area contributed by atoms with Crippen molar-refractivity contribution in [1.29, 1.82) is 0 Å². The van der Waals surface area contributed by atoms with E-state index in [0.29, 0.717) is 18.2 Å². The van der Waals surface area contributed by atoms with Crippen LogP contribution in [0.2, 0.25) is 0 Å². The fourth-order valence-electron chi connectivity index (χ4n) is 4.37. The van der Waals surface area contributed by atoms with Gasteiger partial charge in [-0.25, -0.2) is 0 Å². The second-order valence-electron chi connectivity index (χ2n) is 7.64. The molecule has 5 nitrogen and oxygen atoms in total. The molecule has 0 spiro atoms. The minimum atomic E-state index is 0.143. The number of rotatable bonds is 6. The third-order valence-corrected chi connectivity index (χ3v) is 6.72. The zero-order valence-electron chi connectivity index (χ0n) is 16.3. The summed E-state index contributed by atoms with van der Waals surface area (Å²) in [6.45, 7) is 5.39. The van der Waals surface area contributed by atoms with Crippen molar-refractivity contribution in [3.05, 3.63) is 48.3 Å². The highest BCUT2D eigenvalue weighted by Gasteiger charge is 2.25. The number of aromatic nitrogens is 3. The number of aryl methyl sites for hydroxylation is 1. The maximum atomic E-state index is 12.9. The summed E-state index contributed by atoms with van der Waals surface area (Å²) in [6.07, 6.45) is 10.2. The Morgan fingerprint density at radius 1 is 1.18 bits per heavy atom. The second kappa shape index (κ2) is 8.95. The van der Waals surface area contributed by atoms with Gasteiger partial charge in [0, 0.05) is 24.7 Å². The van der Waals surface area contributed by atoms with E-state index < -0.39 is 0 Å². The molecule has 2 aromatic rings. The number of fused-ring (bicyclic) bond motifs is 1. The molecule has 6 heteroatoms. The van der Waals surface area contributed by atoms with E-state index >= 15 is 0 Å². The molecule has 1 aromatic carbocycles. The number of hydrogen-bond donors (Lipinski definition) is 0. The fraction of sp³-hybridized carbons (Fsp3) is 0.500. The van der Waals surface area contributed by atoms with Gasteiger partial charge in [-0.15, -0.1) is 16.8 Å². The van der Waals surface area contributed by atoms with E-state index in [4.69, 9.17) is 0 Å². The van der Waals surface area contributed by atoms with E-state index in [9.17, 15) is 4.79 Å². The minimum absolute atomic E-state index is 0.143. The standard InChI is InChI=1S/C22H28N4OS/c1-2-14-26-21(18-10-4-3-5-11-18)23-24-22(26)28-16-20(27)25-15-8-12-17-9-6-7-13-19(17)25/h2,6-7,9,13,18H,1,3-5,8,10-12,14-16H2. The van der Waals surface area contributed by atoms with Gasteiger partial charge in [-0.2, -0.15) is 0 Å². The summed E-state index contributed by atoms with van der Waals surface area (Å²) < 4.78 is 2.16. The Hall–Kier alpha value is -2.08. The van der Waals surface area contributed by atoms with E-state index in [-0.39, 0.29) is 5.91 Å². The molecule has 1 saturated carbocycles. The molecule has 0 N–H and O–H groups in total. The predicted molar refractivity (Wildman–Crippen MR) is 114 cm³/mol. The molecule has 4 rings (SSSR count). The van der Waals surface area contributed by atoms with Crippen molar-refractivity contribution >= 4 is 23.4 Å². The number of para-hydroxylation sites is 1. The quantitative estimate of drug-likeness (QED) is 0.530. The van der Waals surface area contributed by atoms with Crippen LogP contribution in [0, 0.1) is 0 Å². The Balaban J connectivity index is 1.47. The molecular weight excluding hydrogens is 368 g/mol. The van der Waals surface area contributed by atoms with Gasteiger partial charge in [-0.05, 0) is 37.3 Å². The summed E-state index contributed by atoms with van der Waals surface area (Å²) >= 11 is 1.50. The van der Waals surface area contributed by atoms with Crippen molar-refractivity contribution in [2.75, 3.05) is 17.2 Å². The monoisotopic (exact) mass is 396 g/mol. The van der Waals surface area contributed by atoms with Crippen molar-refractivity contribution in [2.45, 2.75) is 62.6 Å². The summed E-state index contributed by atoms with van der Waals surface area (Å²) in [7, 11) is 0. The molecule has 1 aliphatic heterocycles. The first-order chi connectivity index (χ1) is 13.8. The lowest BCUT2D eigenvalue weighted by Gasteiger charge is -2.29. The van der Waals surface area contributed by atoms with Gasteiger partial charge in [0.25, 0.3) is 0 Å². The minimum Gasteiger partial charge on any atom is -0.311 e. The van der Waals surface area contributed by atoms with Crippen LogP contribution in [0.15, 0.2) is 42.1 Å². The van der Waals surface area contributed by atoms with Crippen molar-refractivity contribution in [3.8, 4) is 0 Å². The number of thioether (sulfide) groups is 1. The Morgan fingerprint density at radius 3 is 2.82 bits per heavy atom. The largest absolute Gasteiger partial charge is 0.311 e. The molecule has 0 atom stereocenters. The first-order valence-electron chi connectivity index (χ1n) is 10.3. The number of hydrogen-bond acceptors (Lipinski definition) is 4. The van der Waals surface area contributed by atoms with E-state index in [1.165, 1.54) is 49.4 Å². The number of benzene rings is 1. The highest BCUT2D eigenvalue weighted by atomic mass is 32.2. The summed E-state index contributed by atoms with van der Waals surface area (Å²) in [6, 6.07) is 8.23. The van der Waals surface area contributed by atoms with Gasteiger partial charge < -0.3 is 9.47 Å². The molecule has 28 heavy (non-hydrogen) atoms. The molecule has 0 saturated heterocycles. The molecule has 1 amide bonds. The zero-order valence-corrected chi connectivity index (χ0v) is 17.2. The van der Waals surface area contributed by atoms with E-state index in [0.717, 1.165) is 36.1 Å². The average Bonchev–Trinajstić information content (AvgIpc) is 3.15. The smallest absolute Gasteiger partial charge is 0.237 e. The molecular formula is C22H28N4OS. The molecule has 1 fully saturated rings. The molecule has 0 radical (unpaired) electrons. The first kappa shape index (κ1) is 19.2. The lowest BCUT2D eigenvalue weighted by Crippen LogP contribution is -2.36. The fourth-order valence-corrected chi connectivity index (χ4v) is 5.20. The number of carbonyl (C=O) groups excluding carboxylic acids is 1. The summed E-state index contributed by atoms with van der Waals surface area (Å²) in [5.74, 6) is 2.08. The Labute approximate surface area is 171 Å². The van der Waals surface area contributed by atoms with Gasteiger partial charge in [-0.1, -0.05) is 55.3 Å². The number of carbonyl (C=O) groups is 1. The molecule has 1 aromatic heterocycles. The zero-order chi connectivity index (χ0) is 19.3. The van der Waals surface area contributed by atoms with Crippen molar-refractivity contribution in [2.24, 2.45) is 0 Å². The van der Waals surface area contributed by atoms with E-state index in [1.807, 2.05) is 23.1 Å². The van der Waals surface area contributed by atoms with Crippen LogP contribution < -0.4 is 4.90 Å². The predicted octanol–water partition coefficient (Wildman–Crippen LogP) is 4.58. The Morgan fingerprint density at radius 2 is 2.00 bits per heavy atom. The van der Waals surface area contributed by atoms with Crippen LogP contribution in [-0.2, 0) is 17.8 Å². The van der Waals surface area contributed by atoms with Gasteiger partial charge >= 0.3 is 0 Å². The van der Waals surface area contributed by atoms with Crippen LogP contribution in [0.25, 0.3) is 0 Å². The number of allylic oxidation sites excluding steroid dienone is 1. The Kier molecular flexibility index (Phi) is 6.15. The molecule has 2 aliphatic rings. The third kappa shape index (κ3) is 4.02. The first-order valence-corrected chi connectivity index (χ1v) is 11.3. The highest BCUT2D eigenvalue weighted by molar-refractivity contribution is 7.99. The normalized spacial score (nSPS) is 17.4. The highest BCUT2D eigenvalue weighted by Crippen LogP contribution is 2.33. The van der Waals surface area contributed by atoms with Crippen LogP contribution in [0.1, 0.15) is 55.8 Å². The van der Waals surface area contributed by atoms with Crippen molar-refractivity contribution in [1.82, 2.24) is 14.8 Å². The van der Waals surface area contributed by atoms with Crippen molar-refractivity contribution in [3.63, 3.8) is 0 Å². The van der Waals surface area contributed by atoms with Gasteiger partial charge in [-0.3, -0.25) is 4.79 Å². The molecule has 148 valence electrons. The summed E-state index contributed by atoms with van der Waals surface area (Å²) in [5.41, 5.74) is 2.33. The van der Waals surface area contributed by atoms with E-state index in [2.05, 4.69) is 33.5 Å². The van der Waals surface area contributed by atoms with Crippen LogP contribution in [-0.4, -0.2) is 33.0 Å². The SMILES string of the molecule is C=CCn1c(SCC(=O)N2CCCc3ccccc32)nnc1C1CCCCC1. The summed E-state index contributed by atoms with van der Waals surface area (Å²) in [4.78, 5) is 14.9. The molecule has 0 unspecified atom stereocenters. The maximum Gasteiger partial charge on any atom is 0.237 e. The topological polar surface area (TPSA) is 51.0 Å². The van der Waals surface area contributed by atoms with Crippen molar-refractivity contribution < 1.29 is 4.79 Å². The molecule has 2 heterocycles. The third-order valence-electron chi connectivity index (χ3n) is 5.76. The van der Waals surface area contributed by atoms with Gasteiger partial charge in [0.1, 0.15) is 5.82 Å². The van der Waals surface area contributed by atoms with Crippen LogP contribution in [0.3, 0.4) is 0 Å². The average molecular weight is 397 g/mol. The summed E-state index contributed by atoms with van der Waals surface area (Å²) in [5, 5.41) is 9.77. The van der Waals surface area contributed by atoms with Crippen LogP contribution >= 0.6 is 11.8 Å². The number of amides is 1. The lowest BCUT2D eigenvalue weighted by atomic mass is 9.89. The second-order valence-corrected chi connectivity index (χ2v) is 8.58. The molecule has 0 bridgehead atoms.